The lowest BCUT2D eigenvalue weighted by Gasteiger charge is -2.36. The number of ether oxygens (including phenoxy) is 1. The Morgan fingerprint density at radius 2 is 2.40 bits per heavy atom. The van der Waals surface area contributed by atoms with Crippen LogP contribution in [0.25, 0.3) is 0 Å². The molecule has 0 aromatic carbocycles. The van der Waals surface area contributed by atoms with Gasteiger partial charge in [-0.15, -0.1) is 0 Å². The highest BCUT2D eigenvalue weighted by Gasteiger charge is 2.37. The van der Waals surface area contributed by atoms with Gasteiger partial charge in [0.1, 0.15) is 0 Å². The van der Waals surface area contributed by atoms with Crippen molar-refractivity contribution < 1.29 is 4.74 Å². The summed E-state index contributed by atoms with van der Waals surface area (Å²) in [6, 6.07) is 4.02. The molecule has 3 heteroatoms. The summed E-state index contributed by atoms with van der Waals surface area (Å²) < 4.78 is 5.03. The van der Waals surface area contributed by atoms with Crippen LogP contribution in [0.5, 0.6) is 0 Å². The largest absolute Gasteiger partial charge is 0.378 e. The van der Waals surface area contributed by atoms with Crippen molar-refractivity contribution in [3.8, 4) is 0 Å². The third kappa shape index (κ3) is 0.777. The molecular formula is C7H9NOS. The quantitative estimate of drug-likeness (QED) is 0.585. The summed E-state index contributed by atoms with van der Waals surface area (Å²) in [5.74, 6) is 0. The molecule has 1 aliphatic rings. The summed E-state index contributed by atoms with van der Waals surface area (Å²) in [6.45, 7) is 1.44. The fourth-order valence-corrected chi connectivity index (χ4v) is 1.39. The van der Waals surface area contributed by atoms with E-state index in [0.717, 1.165) is 18.9 Å². The summed E-state index contributed by atoms with van der Waals surface area (Å²) >= 11 is 4.47. The van der Waals surface area contributed by atoms with Crippen LogP contribution in [-0.2, 0) is 9.48 Å². The highest BCUT2D eigenvalue weighted by Crippen LogP contribution is 2.34. The maximum Gasteiger partial charge on any atom is 0.0993 e. The highest BCUT2D eigenvalue weighted by atomic mass is 32.1. The van der Waals surface area contributed by atoms with Crippen molar-refractivity contribution in [1.82, 2.24) is 4.98 Å². The van der Waals surface area contributed by atoms with Gasteiger partial charge in [0.05, 0.1) is 18.0 Å². The van der Waals surface area contributed by atoms with Gasteiger partial charge in [0.15, 0.2) is 0 Å². The second kappa shape index (κ2) is 2.04. The first-order valence-corrected chi connectivity index (χ1v) is 3.70. The molecular weight excluding hydrogens is 146 g/mol. The van der Waals surface area contributed by atoms with Crippen molar-refractivity contribution in [1.29, 1.82) is 0 Å². The van der Waals surface area contributed by atoms with Gasteiger partial charge in [-0.05, 0) is 12.1 Å². The number of rotatable bonds is 1. The average Bonchev–Trinajstić information content (AvgIpc) is 2.33. The smallest absolute Gasteiger partial charge is 0.0993 e. The van der Waals surface area contributed by atoms with Gasteiger partial charge in [0.2, 0.25) is 0 Å². The summed E-state index contributed by atoms with van der Waals surface area (Å²) in [5, 5.41) is 0. The van der Waals surface area contributed by atoms with Crippen molar-refractivity contribution in [3.63, 3.8) is 0 Å². The second-order valence-corrected chi connectivity index (χ2v) is 3.46. The molecule has 0 aliphatic carbocycles. The molecule has 1 fully saturated rings. The monoisotopic (exact) mass is 155 g/mol. The third-order valence-corrected chi connectivity index (χ3v) is 2.28. The molecule has 0 unspecified atom stereocenters. The topological polar surface area (TPSA) is 25.0 Å². The lowest BCUT2D eigenvalue weighted by atomic mass is 10.0. The molecule has 0 atom stereocenters. The van der Waals surface area contributed by atoms with Crippen molar-refractivity contribution in [2.24, 2.45) is 0 Å². The molecule has 0 radical (unpaired) electrons. The number of hydrogen-bond donors (Lipinski definition) is 2. The van der Waals surface area contributed by atoms with Crippen molar-refractivity contribution in [3.05, 3.63) is 24.0 Å². The van der Waals surface area contributed by atoms with Gasteiger partial charge in [-0.3, -0.25) is 0 Å². The molecule has 0 bridgehead atoms. The van der Waals surface area contributed by atoms with Gasteiger partial charge >= 0.3 is 0 Å². The normalized spacial score (nSPS) is 22.1. The predicted molar refractivity (Wildman–Crippen MR) is 42.3 cm³/mol. The predicted octanol–water partition coefficient (Wildman–Crippen LogP) is 1.17. The van der Waals surface area contributed by atoms with Gasteiger partial charge in [-0.25, -0.2) is 0 Å². The third-order valence-electron chi connectivity index (χ3n) is 1.78. The molecule has 0 saturated carbocycles. The SMILES string of the molecule is SC1(c2ccc[nH]2)COC1. The minimum atomic E-state index is -0.0382. The first kappa shape index (κ1) is 6.31. The number of nitrogens with one attached hydrogen (secondary N) is 1. The van der Waals surface area contributed by atoms with Gasteiger partial charge in [-0.2, -0.15) is 12.6 Å². The van der Waals surface area contributed by atoms with E-state index in [9.17, 15) is 0 Å². The zero-order valence-corrected chi connectivity index (χ0v) is 6.40. The summed E-state index contributed by atoms with van der Waals surface area (Å²) in [7, 11) is 0. The molecule has 54 valence electrons. The van der Waals surface area contributed by atoms with Crippen molar-refractivity contribution in [2.75, 3.05) is 13.2 Å². The molecule has 1 aromatic heterocycles. The first-order chi connectivity index (χ1) is 4.81. The zero-order valence-electron chi connectivity index (χ0n) is 5.50. The van der Waals surface area contributed by atoms with Crippen LogP contribution in [-0.4, -0.2) is 18.2 Å². The maximum atomic E-state index is 5.07. The first-order valence-electron chi connectivity index (χ1n) is 3.25. The standard InChI is InChI=1S/C7H9NOS/c10-7(4-9-5-7)6-2-1-3-8-6/h1-3,8,10H,4-5H2. The summed E-state index contributed by atoms with van der Waals surface area (Å²) in [6.07, 6.45) is 1.91. The molecule has 1 saturated heterocycles. The van der Waals surface area contributed by atoms with Gasteiger partial charge < -0.3 is 9.72 Å². The fraction of sp³-hybridized carbons (Fsp3) is 0.429. The van der Waals surface area contributed by atoms with Crippen molar-refractivity contribution >= 4 is 12.6 Å². The lowest BCUT2D eigenvalue weighted by Crippen LogP contribution is -2.41. The van der Waals surface area contributed by atoms with Crippen LogP contribution in [0.2, 0.25) is 0 Å². The van der Waals surface area contributed by atoms with Crippen LogP contribution in [0.3, 0.4) is 0 Å². The Morgan fingerprint density at radius 1 is 1.60 bits per heavy atom. The van der Waals surface area contributed by atoms with E-state index in [2.05, 4.69) is 17.6 Å². The lowest BCUT2D eigenvalue weighted by molar-refractivity contribution is -0.0113. The zero-order chi connectivity index (χ0) is 7.03. The minimum absolute atomic E-state index is 0.0382. The Labute approximate surface area is 65.0 Å². The molecule has 2 rings (SSSR count). The molecule has 1 aliphatic heterocycles. The second-order valence-electron chi connectivity index (χ2n) is 2.61. The number of aromatic amines is 1. The summed E-state index contributed by atoms with van der Waals surface area (Å²) in [4.78, 5) is 3.12. The Morgan fingerprint density at radius 3 is 2.80 bits per heavy atom. The van der Waals surface area contributed by atoms with E-state index in [1.54, 1.807) is 0 Å². The van der Waals surface area contributed by atoms with E-state index in [1.807, 2.05) is 18.3 Å². The van der Waals surface area contributed by atoms with Gasteiger partial charge in [-0.1, -0.05) is 0 Å². The van der Waals surface area contributed by atoms with E-state index in [1.165, 1.54) is 0 Å². The molecule has 1 aromatic rings. The van der Waals surface area contributed by atoms with Crippen LogP contribution in [0.4, 0.5) is 0 Å². The van der Waals surface area contributed by atoms with Crippen LogP contribution in [0, 0.1) is 0 Å². The summed E-state index contributed by atoms with van der Waals surface area (Å²) in [5.41, 5.74) is 1.15. The van der Waals surface area contributed by atoms with Crippen LogP contribution in [0.15, 0.2) is 18.3 Å². The average molecular weight is 155 g/mol. The molecule has 1 N–H and O–H groups in total. The number of hydrogen-bond acceptors (Lipinski definition) is 2. The van der Waals surface area contributed by atoms with E-state index in [4.69, 9.17) is 4.74 Å². The minimum Gasteiger partial charge on any atom is -0.378 e. The van der Waals surface area contributed by atoms with Crippen LogP contribution in [0.1, 0.15) is 5.69 Å². The fourth-order valence-electron chi connectivity index (χ4n) is 1.07. The van der Waals surface area contributed by atoms with Crippen molar-refractivity contribution in [2.45, 2.75) is 4.75 Å². The van der Waals surface area contributed by atoms with E-state index < -0.39 is 0 Å². The van der Waals surface area contributed by atoms with Gasteiger partial charge in [0, 0.05) is 11.9 Å². The van der Waals surface area contributed by atoms with E-state index >= 15 is 0 Å². The Bertz CT molecular complexity index is 216. The number of aromatic nitrogens is 1. The van der Waals surface area contributed by atoms with Crippen LogP contribution >= 0.6 is 12.6 Å². The van der Waals surface area contributed by atoms with Gasteiger partial charge in [0.25, 0.3) is 0 Å². The Kier molecular flexibility index (Phi) is 1.28. The molecule has 2 heterocycles. The Hall–Kier alpha value is -0.410. The maximum absolute atomic E-state index is 5.07. The molecule has 10 heavy (non-hydrogen) atoms. The highest BCUT2D eigenvalue weighted by molar-refractivity contribution is 7.81. The van der Waals surface area contributed by atoms with Crippen LogP contribution < -0.4 is 0 Å². The molecule has 2 nitrogen and oxygen atoms in total. The molecule has 0 amide bonds. The van der Waals surface area contributed by atoms with E-state index in [-0.39, 0.29) is 4.75 Å². The number of thiol groups is 1. The molecule has 0 spiro atoms. The van der Waals surface area contributed by atoms with E-state index in [0.29, 0.717) is 0 Å². The number of H-pyrrole nitrogens is 1. The Balaban J connectivity index is 2.27.